The van der Waals surface area contributed by atoms with E-state index in [0.29, 0.717) is 7.98 Å². The summed E-state index contributed by atoms with van der Waals surface area (Å²) in [7, 11) is 5.00. The number of hydrogen-bond acceptors (Lipinski definition) is 0. The van der Waals surface area contributed by atoms with Crippen LogP contribution in [0.4, 0.5) is 0 Å². The van der Waals surface area contributed by atoms with E-state index < -0.39 is 0 Å². The Morgan fingerprint density at radius 3 is 1.50 bits per heavy atom. The summed E-state index contributed by atoms with van der Waals surface area (Å²) in [5.74, 6) is 0. The summed E-state index contributed by atoms with van der Waals surface area (Å²) in [5, 5.41) is 0. The van der Waals surface area contributed by atoms with Gasteiger partial charge in [-0.25, -0.2) is 0 Å². The first-order valence-electron chi connectivity index (χ1n) is 1.00. The van der Waals surface area contributed by atoms with Gasteiger partial charge in [0.1, 0.15) is 0 Å². The van der Waals surface area contributed by atoms with E-state index in [9.17, 15) is 0 Å². The number of quaternary nitrogens is 1. The van der Waals surface area contributed by atoms with Gasteiger partial charge < -0.3 is 4.81 Å². The molecule has 26 valence electrons. The zero-order valence-corrected chi connectivity index (χ0v) is 2.50. The second-order valence-corrected chi connectivity index (χ2v) is 0.500. The van der Waals surface area contributed by atoms with Gasteiger partial charge in [-0.2, -0.15) is 0 Å². The minimum absolute atomic E-state index is 0.611. The zero-order valence-electron chi connectivity index (χ0n) is 2.50. The molecule has 2 heteroatoms. The van der Waals surface area contributed by atoms with Crippen LogP contribution in [0.3, 0.4) is 0 Å². The van der Waals surface area contributed by atoms with Crippen molar-refractivity contribution in [2.24, 2.45) is 0 Å². The molecule has 0 radical (unpaired) electrons. The molecule has 0 aliphatic rings. The van der Waals surface area contributed by atoms with Gasteiger partial charge in [-0.15, -0.1) is 0 Å². The maximum absolute atomic E-state index is 2.19. The van der Waals surface area contributed by atoms with Gasteiger partial charge in [-0.1, -0.05) is 0 Å². The molecule has 4 heavy (non-hydrogen) atoms. The molecule has 0 heterocycles. The lowest BCUT2D eigenvalue weighted by Gasteiger charge is -1.99. The summed E-state index contributed by atoms with van der Waals surface area (Å²) in [6.07, 6.45) is 0. The molecule has 0 aliphatic carbocycles. The zero-order chi connectivity index (χ0) is 3.58. The molecule has 0 fully saturated rings. The fraction of sp³-hybridized carbons (Fsp3) is 1.00. The lowest BCUT2D eigenvalue weighted by atomic mass is 10.4. The number of rotatable bonds is 0. The van der Waals surface area contributed by atoms with E-state index in [1.165, 1.54) is 0 Å². The quantitative estimate of drug-likeness (QED) is 0.292. The highest BCUT2D eigenvalue weighted by molar-refractivity contribution is 5.94. The van der Waals surface area contributed by atoms with Crippen LogP contribution in [0.2, 0.25) is 0 Å². The first-order valence-corrected chi connectivity index (χ1v) is 1.00. The van der Waals surface area contributed by atoms with Crippen LogP contribution in [-0.2, 0) is 0 Å². The van der Waals surface area contributed by atoms with Gasteiger partial charge in [-0.3, -0.25) is 0 Å². The maximum atomic E-state index is 2.19. The van der Waals surface area contributed by atoms with Crippen LogP contribution in [0.25, 0.3) is 0 Å². The smallest absolute Gasteiger partial charge is 0.167 e. The van der Waals surface area contributed by atoms with Crippen molar-refractivity contribution in [1.82, 2.24) is 0 Å². The Balaban J connectivity index is 2.32. The molecule has 0 unspecified atom stereocenters. The molecule has 0 saturated carbocycles. The molecule has 0 bridgehead atoms. The summed E-state index contributed by atoms with van der Waals surface area (Å²) in [4.78, 5) is 1.67. The monoisotopic (exact) mass is 59.1 g/mol. The van der Waals surface area contributed by atoms with Crippen LogP contribution in [-0.4, -0.2) is 22.1 Å². The largest absolute Gasteiger partial charge is 0.538 e. The second kappa shape index (κ2) is 1.36. The van der Waals surface area contributed by atoms with Gasteiger partial charge >= 0.3 is 0 Å². The molecule has 0 saturated heterocycles. The van der Waals surface area contributed by atoms with Crippen molar-refractivity contribution >= 4 is 7.98 Å². The molecule has 0 spiro atoms. The van der Waals surface area contributed by atoms with Crippen LogP contribution in [0.1, 0.15) is 0 Å². The number of hydrogen-bond donors (Lipinski definition) is 1. The van der Waals surface area contributed by atoms with Crippen LogP contribution in [0.15, 0.2) is 0 Å². The lowest BCUT2D eigenvalue weighted by Crippen LogP contribution is -3.03. The highest BCUT2D eigenvalue weighted by Gasteiger charge is 1.53. The first-order chi connectivity index (χ1) is 1.73. The summed E-state index contributed by atoms with van der Waals surface area (Å²) >= 11 is 0. The van der Waals surface area contributed by atoms with E-state index in [1.54, 1.807) is 4.81 Å². The molecule has 0 aromatic rings. The molecule has 0 aliphatic heterocycles. The Labute approximate surface area is 28.0 Å². The molecule has 1 nitrogen and oxygen atoms in total. The Kier molecular flexibility index (Phi) is 1.36. The molecule has 0 aromatic heterocycles. The van der Waals surface area contributed by atoms with E-state index in [1.807, 2.05) is 0 Å². The summed E-state index contributed by atoms with van der Waals surface area (Å²) in [5.41, 5.74) is 0. The molecule has 0 amide bonds. The van der Waals surface area contributed by atoms with Gasteiger partial charge in [0, 0.05) is 14.1 Å². The second-order valence-electron chi connectivity index (χ2n) is 0.500. The predicted octanol–water partition coefficient (Wildman–Crippen LogP) is -2.59. The molecular formula is C2H10BN. The van der Waals surface area contributed by atoms with E-state index in [2.05, 4.69) is 14.1 Å². The van der Waals surface area contributed by atoms with E-state index in [4.69, 9.17) is 0 Å². The topological polar surface area (TPSA) is 4.44 Å². The Bertz CT molecular complexity index is 10.8. The first kappa shape index (κ1) is 4.02. The van der Waals surface area contributed by atoms with Crippen molar-refractivity contribution in [2.75, 3.05) is 14.1 Å². The van der Waals surface area contributed by atoms with Crippen molar-refractivity contribution in [2.45, 2.75) is 0 Å². The average molecular weight is 58.9 g/mol. The third-order valence-corrected chi connectivity index (χ3v) is 0. The summed E-state index contributed by atoms with van der Waals surface area (Å²) in [6, 6.07) is 0. The number of nitrogens with one attached hydrogen (secondary N) is 1. The van der Waals surface area contributed by atoms with Gasteiger partial charge in [0.05, 0.1) is 0 Å². The summed E-state index contributed by atoms with van der Waals surface area (Å²) in [6.45, 7) is 0. The highest BCUT2D eigenvalue weighted by Crippen LogP contribution is 0.826. The van der Waals surface area contributed by atoms with Crippen LogP contribution in [0.5, 0.6) is 0 Å². The Morgan fingerprint density at radius 1 is 1.50 bits per heavy atom. The third-order valence-electron chi connectivity index (χ3n) is 0. The molecular weight excluding hydrogens is 48.8 g/mol. The van der Waals surface area contributed by atoms with Crippen molar-refractivity contribution in [1.29, 1.82) is 0 Å². The standard InChI is InChI=1S/C2H10BN/c1-4(2)3/h4H,1-3H3. The minimum Gasteiger partial charge on any atom is -0.538 e. The van der Waals surface area contributed by atoms with Crippen molar-refractivity contribution < 1.29 is 4.81 Å². The lowest BCUT2D eigenvalue weighted by molar-refractivity contribution is -0.728. The minimum atomic E-state index is 0.611. The third kappa shape index (κ3) is 3420. The fourth-order valence-corrected chi connectivity index (χ4v) is 0. The van der Waals surface area contributed by atoms with Crippen molar-refractivity contribution in [3.8, 4) is 0 Å². The highest BCUT2D eigenvalue weighted by atomic mass is 14.9. The SMILES string of the molecule is [BH3-][NH+](C)C. The molecule has 1 N–H and O–H groups in total. The average Bonchev–Trinajstić information content (AvgIpc) is 0.811. The summed E-state index contributed by atoms with van der Waals surface area (Å²) < 4.78 is 0. The van der Waals surface area contributed by atoms with Gasteiger partial charge in [-0.05, 0) is 0 Å². The fourth-order valence-electron chi connectivity index (χ4n) is 0. The Hall–Kier alpha value is 0.0249. The van der Waals surface area contributed by atoms with Gasteiger partial charge in [0.15, 0.2) is 7.98 Å². The van der Waals surface area contributed by atoms with Crippen molar-refractivity contribution in [3.05, 3.63) is 0 Å². The molecule has 0 rings (SSSR count). The molecule has 0 aromatic carbocycles. The van der Waals surface area contributed by atoms with Crippen LogP contribution >= 0.6 is 0 Å². The maximum Gasteiger partial charge on any atom is 0.167 e. The normalized spacial score (nSPS) is 9.00. The van der Waals surface area contributed by atoms with Crippen LogP contribution < -0.4 is 4.81 Å². The van der Waals surface area contributed by atoms with Gasteiger partial charge in [0.2, 0.25) is 0 Å². The van der Waals surface area contributed by atoms with Crippen LogP contribution in [0, 0.1) is 0 Å². The van der Waals surface area contributed by atoms with E-state index in [0.717, 1.165) is 0 Å². The van der Waals surface area contributed by atoms with E-state index in [-0.39, 0.29) is 0 Å². The predicted molar refractivity (Wildman–Crippen MR) is 22.7 cm³/mol. The Morgan fingerprint density at radius 2 is 1.50 bits per heavy atom. The molecule has 0 atom stereocenters. The van der Waals surface area contributed by atoms with E-state index >= 15 is 0 Å². The van der Waals surface area contributed by atoms with Gasteiger partial charge in [0.25, 0.3) is 0 Å². The van der Waals surface area contributed by atoms with Crippen molar-refractivity contribution in [3.63, 3.8) is 0 Å².